The Labute approximate surface area is 215 Å². The highest BCUT2D eigenvalue weighted by Crippen LogP contribution is 2.49. The Morgan fingerprint density at radius 2 is 1.82 bits per heavy atom. The predicted octanol–water partition coefficient (Wildman–Crippen LogP) is -0.272. The fourth-order valence-electron chi connectivity index (χ4n) is 6.17. The van der Waals surface area contributed by atoms with E-state index in [0.717, 1.165) is 0 Å². The molecule has 0 radical (unpaired) electrons. The summed E-state index contributed by atoms with van der Waals surface area (Å²) in [5, 5.41) is 8.18. The van der Waals surface area contributed by atoms with Gasteiger partial charge in [-0.05, 0) is 25.5 Å². The molecule has 3 saturated heterocycles. The van der Waals surface area contributed by atoms with Crippen LogP contribution in [0.25, 0.3) is 11.0 Å². The summed E-state index contributed by atoms with van der Waals surface area (Å²) in [7, 11) is -3.24. The van der Waals surface area contributed by atoms with E-state index in [2.05, 4.69) is 15.8 Å². The molecule has 5 amide bonds. The molecule has 4 aliphatic rings. The van der Waals surface area contributed by atoms with E-state index in [4.69, 9.17) is 9.26 Å². The lowest BCUT2D eigenvalue weighted by Crippen LogP contribution is -2.75. The maximum Gasteiger partial charge on any atom is 0.328 e. The molecular weight excluding hydrogens is 525 g/mol. The van der Waals surface area contributed by atoms with Gasteiger partial charge in [0.15, 0.2) is 26.8 Å². The van der Waals surface area contributed by atoms with Crippen molar-refractivity contribution < 1.29 is 41.2 Å². The van der Waals surface area contributed by atoms with Gasteiger partial charge >= 0.3 is 6.03 Å². The maximum absolute atomic E-state index is 16.1. The van der Waals surface area contributed by atoms with Gasteiger partial charge in [-0.2, -0.15) is 0 Å². The molecule has 3 fully saturated rings. The second-order valence-corrected chi connectivity index (χ2v) is 12.5. The Morgan fingerprint density at radius 1 is 1.16 bits per heavy atom. The van der Waals surface area contributed by atoms with Gasteiger partial charge in [0, 0.05) is 26.1 Å². The summed E-state index contributed by atoms with van der Waals surface area (Å²) in [6, 6.07) is -0.416. The highest BCUT2D eigenvalue weighted by atomic mass is 32.2. The lowest BCUT2D eigenvalue weighted by Gasteiger charge is -2.55. The third kappa shape index (κ3) is 3.44. The molecule has 1 aromatic carbocycles. The van der Waals surface area contributed by atoms with Crippen molar-refractivity contribution in [1.82, 2.24) is 20.7 Å². The Balaban J connectivity index is 1.49. The van der Waals surface area contributed by atoms with Crippen LogP contribution < -0.4 is 15.5 Å². The number of ether oxygens (including phenoxy) is 1. The molecule has 5 heterocycles. The number of nitrogens with one attached hydrogen (secondary N) is 2. The van der Waals surface area contributed by atoms with Gasteiger partial charge in [-0.1, -0.05) is 5.16 Å². The lowest BCUT2D eigenvalue weighted by molar-refractivity contribution is -0.153. The van der Waals surface area contributed by atoms with Crippen molar-refractivity contribution >= 4 is 50.2 Å². The van der Waals surface area contributed by atoms with Crippen LogP contribution in [0.15, 0.2) is 10.6 Å². The molecule has 0 unspecified atom stereocenters. The van der Waals surface area contributed by atoms with E-state index in [0.29, 0.717) is 0 Å². The van der Waals surface area contributed by atoms with Crippen LogP contribution >= 0.6 is 0 Å². The zero-order valence-electron chi connectivity index (χ0n) is 20.4. The number of amides is 5. The van der Waals surface area contributed by atoms with Crippen molar-refractivity contribution in [2.75, 3.05) is 36.0 Å². The molecule has 0 saturated carbocycles. The fourth-order valence-corrected chi connectivity index (χ4v) is 7.37. The van der Waals surface area contributed by atoms with Gasteiger partial charge in [0.1, 0.15) is 0 Å². The average molecular weight is 550 g/mol. The first kappa shape index (κ1) is 24.7. The van der Waals surface area contributed by atoms with Crippen molar-refractivity contribution in [3.63, 3.8) is 0 Å². The predicted molar refractivity (Wildman–Crippen MR) is 127 cm³/mol. The number of morpholine rings is 1. The summed E-state index contributed by atoms with van der Waals surface area (Å²) in [5.41, 5.74) is -1.93. The molecule has 202 valence electrons. The van der Waals surface area contributed by atoms with Gasteiger partial charge in [-0.25, -0.2) is 17.6 Å². The minimum absolute atomic E-state index is 0.0361. The van der Waals surface area contributed by atoms with Crippen LogP contribution in [0, 0.1) is 11.2 Å². The topological polar surface area (TPSA) is 168 Å². The number of aromatic nitrogens is 1. The Kier molecular flexibility index (Phi) is 5.34. The summed E-state index contributed by atoms with van der Waals surface area (Å²) >= 11 is 0. The number of fused-ring (bicyclic) bond motifs is 5. The van der Waals surface area contributed by atoms with E-state index in [-0.39, 0.29) is 71.6 Å². The monoisotopic (exact) mass is 549 g/mol. The average Bonchev–Trinajstić information content (AvgIpc) is 3.25. The highest BCUT2D eigenvalue weighted by Gasteiger charge is 2.63. The van der Waals surface area contributed by atoms with E-state index < -0.39 is 57.0 Å². The number of benzene rings is 1. The van der Waals surface area contributed by atoms with Gasteiger partial charge in [0.25, 0.3) is 5.91 Å². The number of hydrogen-bond acceptors (Lipinski definition) is 10. The fraction of sp³-hybridized carbons (Fsp3) is 0.522. The van der Waals surface area contributed by atoms with E-state index in [1.807, 2.05) is 0 Å². The van der Waals surface area contributed by atoms with Crippen LogP contribution in [-0.2, 0) is 30.6 Å². The molecule has 0 bridgehead atoms. The van der Waals surface area contributed by atoms with Crippen LogP contribution in [0.1, 0.15) is 29.9 Å². The first-order chi connectivity index (χ1) is 17.9. The number of carbonyl (C=O) groups is 4. The zero-order valence-corrected chi connectivity index (χ0v) is 21.3. The first-order valence-electron chi connectivity index (χ1n) is 12.1. The molecule has 0 aliphatic carbocycles. The quantitative estimate of drug-likeness (QED) is 0.452. The summed E-state index contributed by atoms with van der Waals surface area (Å²) in [6.45, 7) is 3.52. The SMILES string of the molecule is C[C@H]1CN2c3c(cc4c(C(=O)N5CCS(=O)(=O)CC5)noc4c3F)CC3(C(=O)NC(=O)NC3=O)[C@@H]2[C@@H](C)O1. The number of imide groups is 2. The van der Waals surface area contributed by atoms with Crippen molar-refractivity contribution in [3.8, 4) is 0 Å². The standard InChI is InChI=1S/C23H24FN5O8S/c1-10-9-29-16-12(8-23(18(29)11(2)36-10)20(31)25-22(33)26-21(23)32)7-13-15(27-37-17(13)14(16)24)19(30)28-3-5-38(34,35)6-4-28/h7,10-11,18H,3-6,8-9H2,1-2H3,(H2,25,26,31,32,33)/t10-,11+,18-/m0/s1. The third-order valence-corrected chi connectivity index (χ3v) is 9.41. The van der Waals surface area contributed by atoms with Crippen LogP contribution in [-0.4, -0.2) is 91.6 Å². The Morgan fingerprint density at radius 3 is 2.47 bits per heavy atom. The molecule has 2 aromatic rings. The van der Waals surface area contributed by atoms with Crippen LogP contribution in [0.2, 0.25) is 0 Å². The van der Waals surface area contributed by atoms with Crippen LogP contribution in [0.3, 0.4) is 0 Å². The lowest BCUT2D eigenvalue weighted by atomic mass is 9.66. The number of carbonyl (C=O) groups excluding carboxylic acids is 4. The minimum Gasteiger partial charge on any atom is -0.372 e. The van der Waals surface area contributed by atoms with Crippen LogP contribution in [0.5, 0.6) is 0 Å². The van der Waals surface area contributed by atoms with E-state index in [1.165, 1.54) is 11.0 Å². The molecular formula is C23H24FN5O8S. The molecule has 13 nitrogen and oxygen atoms in total. The Hall–Kier alpha value is -3.59. The van der Waals surface area contributed by atoms with E-state index in [1.54, 1.807) is 18.7 Å². The van der Waals surface area contributed by atoms with Crippen molar-refractivity contribution in [3.05, 3.63) is 23.1 Å². The smallest absolute Gasteiger partial charge is 0.328 e. The van der Waals surface area contributed by atoms with Gasteiger partial charge in [-0.15, -0.1) is 0 Å². The largest absolute Gasteiger partial charge is 0.372 e. The number of rotatable bonds is 1. The number of hydrogen-bond donors (Lipinski definition) is 2. The number of anilines is 1. The molecule has 1 spiro atoms. The second-order valence-electron chi connectivity index (χ2n) is 10.2. The molecule has 3 atom stereocenters. The normalized spacial score (nSPS) is 28.1. The molecule has 6 rings (SSSR count). The highest BCUT2D eigenvalue weighted by molar-refractivity contribution is 7.91. The van der Waals surface area contributed by atoms with Gasteiger partial charge in [0.2, 0.25) is 17.4 Å². The molecule has 15 heteroatoms. The van der Waals surface area contributed by atoms with E-state index in [9.17, 15) is 27.6 Å². The molecule has 38 heavy (non-hydrogen) atoms. The summed E-state index contributed by atoms with van der Waals surface area (Å²) in [6.07, 6.45) is -1.34. The second kappa shape index (κ2) is 8.20. The number of sulfone groups is 1. The Bertz CT molecular complexity index is 1500. The summed E-state index contributed by atoms with van der Waals surface area (Å²) in [5.74, 6) is -3.47. The zero-order chi connectivity index (χ0) is 27.1. The molecule has 1 aromatic heterocycles. The third-order valence-electron chi connectivity index (χ3n) is 7.80. The summed E-state index contributed by atoms with van der Waals surface area (Å²) < 4.78 is 50.9. The van der Waals surface area contributed by atoms with Crippen molar-refractivity contribution in [2.24, 2.45) is 5.41 Å². The number of barbiturate groups is 1. The van der Waals surface area contributed by atoms with Crippen molar-refractivity contribution in [2.45, 2.75) is 38.5 Å². The molecule has 2 N–H and O–H groups in total. The van der Waals surface area contributed by atoms with E-state index >= 15 is 4.39 Å². The van der Waals surface area contributed by atoms with Crippen LogP contribution in [0.4, 0.5) is 14.9 Å². The van der Waals surface area contributed by atoms with Gasteiger partial charge in [-0.3, -0.25) is 25.0 Å². The van der Waals surface area contributed by atoms with Gasteiger partial charge in [0.05, 0.1) is 40.8 Å². The summed E-state index contributed by atoms with van der Waals surface area (Å²) in [4.78, 5) is 54.6. The maximum atomic E-state index is 16.1. The molecule has 4 aliphatic heterocycles. The number of nitrogens with zero attached hydrogens (tertiary/aromatic N) is 3. The minimum atomic E-state index is -3.24. The van der Waals surface area contributed by atoms with Gasteiger partial charge < -0.3 is 19.1 Å². The first-order valence-corrected chi connectivity index (χ1v) is 13.9. The number of urea groups is 1. The van der Waals surface area contributed by atoms with Crippen molar-refractivity contribution in [1.29, 1.82) is 0 Å². The number of halogens is 1.